The third-order valence-electron chi connectivity index (χ3n) is 4.54. The van der Waals surface area contributed by atoms with Crippen LogP contribution in [0.25, 0.3) is 0 Å². The monoisotopic (exact) mass is 466 g/mol. The third-order valence-corrected chi connectivity index (χ3v) is 17.1. The summed E-state index contributed by atoms with van der Waals surface area (Å²) in [7, 11) is -1.70. The predicted octanol–water partition coefficient (Wildman–Crippen LogP) is 1.29. The Morgan fingerprint density at radius 2 is 0.679 bits per heavy atom. The maximum atomic E-state index is 6.26. The number of hydrogen-bond donors (Lipinski definition) is 0. The second kappa shape index (κ2) is 10.2. The lowest BCUT2D eigenvalue weighted by atomic mass is 10.4. The molecule has 0 saturated heterocycles. The van der Waals surface area contributed by atoms with Gasteiger partial charge in [-0.25, -0.2) is 0 Å². The van der Waals surface area contributed by atoms with Gasteiger partial charge in [0.2, 0.25) is 16.6 Å². The van der Waals surface area contributed by atoms with Crippen molar-refractivity contribution in [3.63, 3.8) is 0 Å². The Kier molecular flexibility index (Phi) is 9.39. The molecule has 0 atom stereocenters. The minimum absolute atomic E-state index is 1.10. The van der Waals surface area contributed by atoms with Crippen LogP contribution >= 0.6 is 0 Å². The molecule has 8 nitrogen and oxygen atoms in total. The van der Waals surface area contributed by atoms with E-state index in [1.54, 1.807) is 0 Å². The predicted molar refractivity (Wildman–Crippen MR) is 116 cm³/mol. The summed E-state index contributed by atoms with van der Waals surface area (Å²) in [6, 6.07) is 8.26. The molecule has 0 aliphatic rings. The second-order valence-corrected chi connectivity index (χ2v) is 20.3. The quantitative estimate of drug-likeness (QED) is 0.427. The Balaban J connectivity index is 3.09. The van der Waals surface area contributed by atoms with E-state index in [0.29, 0.717) is 0 Å². The molecule has 162 valence electrons. The maximum Gasteiger partial charge on any atom is 0.668 e. The highest BCUT2D eigenvalue weighted by Crippen LogP contribution is 2.19. The van der Waals surface area contributed by atoms with Gasteiger partial charge < -0.3 is 34.8 Å². The third kappa shape index (κ3) is 5.90. The van der Waals surface area contributed by atoms with Gasteiger partial charge in [-0.1, -0.05) is 24.3 Å². The first-order chi connectivity index (χ1) is 13.0. The molecule has 0 fully saturated rings. The van der Waals surface area contributed by atoms with Crippen molar-refractivity contribution in [1.82, 2.24) is 0 Å². The fraction of sp³-hybridized carbons (Fsp3) is 0.625. The summed E-state index contributed by atoms with van der Waals surface area (Å²) in [5, 5.41) is 2.19. The molecule has 0 spiro atoms. The van der Waals surface area contributed by atoms with E-state index < -0.39 is 34.7 Å². The van der Waals surface area contributed by atoms with Gasteiger partial charge in [-0.05, 0) is 36.6 Å². The van der Waals surface area contributed by atoms with Crippen molar-refractivity contribution < 1.29 is 34.8 Å². The molecule has 0 aliphatic heterocycles. The van der Waals surface area contributed by atoms with Crippen molar-refractivity contribution in [2.75, 3.05) is 42.7 Å². The molecule has 0 heterocycles. The largest absolute Gasteiger partial charge is 0.668 e. The molecular formula is C16H34O8Si4. The van der Waals surface area contributed by atoms with Gasteiger partial charge >= 0.3 is 18.1 Å². The summed E-state index contributed by atoms with van der Waals surface area (Å²) >= 11 is 0. The molecule has 0 unspecified atom stereocenters. The Hall–Kier alpha value is -0.232. The zero-order chi connectivity index (χ0) is 21.6. The summed E-state index contributed by atoms with van der Waals surface area (Å²) in [5.41, 5.74) is 0. The van der Waals surface area contributed by atoms with Gasteiger partial charge in [-0.2, -0.15) is 0 Å². The first kappa shape index (κ1) is 25.8. The fourth-order valence-corrected chi connectivity index (χ4v) is 13.6. The van der Waals surface area contributed by atoms with Gasteiger partial charge in [0, 0.05) is 42.7 Å². The van der Waals surface area contributed by atoms with Crippen molar-refractivity contribution in [2.45, 2.75) is 26.2 Å². The van der Waals surface area contributed by atoms with E-state index >= 15 is 0 Å². The summed E-state index contributed by atoms with van der Waals surface area (Å²) in [6.45, 7) is 8.33. The van der Waals surface area contributed by atoms with Crippen LogP contribution in [0.15, 0.2) is 24.3 Å². The lowest BCUT2D eigenvalue weighted by Crippen LogP contribution is -2.60. The van der Waals surface area contributed by atoms with E-state index in [-0.39, 0.29) is 0 Å². The highest BCUT2D eigenvalue weighted by molar-refractivity contribution is 6.90. The van der Waals surface area contributed by atoms with Crippen LogP contribution in [0.3, 0.4) is 0 Å². The maximum absolute atomic E-state index is 6.26. The molecular weight excluding hydrogens is 433 g/mol. The minimum Gasteiger partial charge on any atom is -0.390 e. The van der Waals surface area contributed by atoms with Crippen molar-refractivity contribution in [2.24, 2.45) is 0 Å². The van der Waals surface area contributed by atoms with E-state index in [1.807, 2.05) is 0 Å². The summed E-state index contributed by atoms with van der Waals surface area (Å²) in [6.07, 6.45) is 0. The van der Waals surface area contributed by atoms with Gasteiger partial charge in [-0.3, -0.25) is 0 Å². The molecule has 0 N–H and O–H groups in total. The van der Waals surface area contributed by atoms with Gasteiger partial charge in [0.05, 0.1) is 0 Å². The zero-order valence-corrected chi connectivity index (χ0v) is 22.6. The molecule has 12 heteroatoms. The molecule has 0 saturated carbocycles. The Morgan fingerprint density at radius 1 is 0.464 bits per heavy atom. The number of benzene rings is 1. The van der Waals surface area contributed by atoms with Crippen LogP contribution in [0.2, 0.25) is 26.2 Å². The summed E-state index contributed by atoms with van der Waals surface area (Å²) in [5.74, 6) is 0. The summed E-state index contributed by atoms with van der Waals surface area (Å²) < 4.78 is 45.0. The molecule has 1 aromatic rings. The molecule has 0 radical (unpaired) electrons. The molecule has 1 aromatic carbocycles. The van der Waals surface area contributed by atoms with Crippen LogP contribution in [0, 0.1) is 0 Å². The minimum atomic E-state index is -3.13. The first-order valence-corrected chi connectivity index (χ1v) is 17.9. The highest BCUT2D eigenvalue weighted by atomic mass is 28.5. The average Bonchev–Trinajstić information content (AvgIpc) is 2.70. The lowest BCUT2D eigenvalue weighted by Gasteiger charge is -2.34. The smallest absolute Gasteiger partial charge is 0.390 e. The van der Waals surface area contributed by atoms with E-state index in [0.717, 1.165) is 10.4 Å². The van der Waals surface area contributed by atoms with Crippen LogP contribution in [0.5, 0.6) is 0 Å². The molecule has 28 heavy (non-hydrogen) atoms. The van der Waals surface area contributed by atoms with Crippen molar-refractivity contribution >= 4 is 45.1 Å². The molecule has 1 rings (SSSR count). The van der Waals surface area contributed by atoms with Crippen LogP contribution in [0.4, 0.5) is 0 Å². The van der Waals surface area contributed by atoms with E-state index in [4.69, 9.17) is 34.8 Å². The topological polar surface area (TPSA) is 73.8 Å². The van der Waals surface area contributed by atoms with Gasteiger partial charge in [0.15, 0.2) is 0 Å². The van der Waals surface area contributed by atoms with Crippen LogP contribution in [-0.4, -0.2) is 77.4 Å². The molecule has 0 aliphatic carbocycles. The van der Waals surface area contributed by atoms with Crippen LogP contribution in [-0.2, 0) is 34.8 Å². The first-order valence-electron chi connectivity index (χ1n) is 8.81. The van der Waals surface area contributed by atoms with Crippen LogP contribution < -0.4 is 10.4 Å². The SMILES string of the molecule is CO[Si](OC)(OC)O[Si](C)(C)c1ccc([Si](C)(C)O[Si](OC)(OC)OC)cc1. The van der Waals surface area contributed by atoms with Gasteiger partial charge in [0.25, 0.3) is 0 Å². The molecule has 0 bridgehead atoms. The Morgan fingerprint density at radius 3 is 0.857 bits per heavy atom. The molecule has 0 aromatic heterocycles. The Labute approximate surface area is 173 Å². The standard InChI is InChI=1S/C16H34O8Si4/c1-17-27(18-2,19-3)23-25(7,8)15-11-13-16(14-12-15)26(9,10)24-28(20-4,21-5)22-6/h11-14H,1-10H3. The van der Waals surface area contributed by atoms with E-state index in [1.165, 1.54) is 42.7 Å². The normalized spacial score (nSPS) is 13.8. The van der Waals surface area contributed by atoms with Crippen molar-refractivity contribution in [3.05, 3.63) is 24.3 Å². The highest BCUT2D eigenvalue weighted by Gasteiger charge is 2.49. The van der Waals surface area contributed by atoms with E-state index in [9.17, 15) is 0 Å². The number of hydrogen-bond acceptors (Lipinski definition) is 8. The average molecular weight is 467 g/mol. The molecule has 0 amide bonds. The van der Waals surface area contributed by atoms with Gasteiger partial charge in [-0.15, -0.1) is 0 Å². The second-order valence-electron chi connectivity index (χ2n) is 7.03. The van der Waals surface area contributed by atoms with Gasteiger partial charge in [0.1, 0.15) is 0 Å². The Bertz CT molecular complexity index is 534. The van der Waals surface area contributed by atoms with E-state index in [2.05, 4.69) is 50.5 Å². The van der Waals surface area contributed by atoms with Crippen molar-refractivity contribution in [1.29, 1.82) is 0 Å². The fourth-order valence-electron chi connectivity index (χ4n) is 2.77. The van der Waals surface area contributed by atoms with Crippen molar-refractivity contribution in [3.8, 4) is 0 Å². The lowest BCUT2D eigenvalue weighted by molar-refractivity contribution is 0.0481. The van der Waals surface area contributed by atoms with Crippen LogP contribution in [0.1, 0.15) is 0 Å². The number of rotatable bonds is 12. The zero-order valence-electron chi connectivity index (χ0n) is 18.6. The summed E-state index contributed by atoms with van der Waals surface area (Å²) in [4.78, 5) is 0.